The number of aromatic nitrogens is 2. The number of amides is 2. The average molecular weight is 412 g/mol. The molecule has 0 radical (unpaired) electrons. The summed E-state index contributed by atoms with van der Waals surface area (Å²) >= 11 is 6.43. The molecular formula is C19H13FN4O2S2. The fourth-order valence-corrected chi connectivity index (χ4v) is 3.89. The van der Waals surface area contributed by atoms with Crippen LogP contribution in [0.3, 0.4) is 0 Å². The number of nitrogens with zero attached hydrogens (tertiary/aromatic N) is 3. The van der Waals surface area contributed by atoms with Crippen molar-refractivity contribution in [3.05, 3.63) is 65.6 Å². The van der Waals surface area contributed by atoms with E-state index in [-0.39, 0.29) is 22.8 Å². The maximum absolute atomic E-state index is 14.4. The van der Waals surface area contributed by atoms with E-state index in [0.29, 0.717) is 16.3 Å². The van der Waals surface area contributed by atoms with Crippen molar-refractivity contribution in [1.29, 1.82) is 0 Å². The number of hydrogen-bond acceptors (Lipinski definition) is 5. The molecule has 0 unspecified atom stereocenters. The van der Waals surface area contributed by atoms with E-state index >= 15 is 0 Å². The highest BCUT2D eigenvalue weighted by molar-refractivity contribution is 7.80. The number of thiocarbonyl (C=S) groups is 1. The van der Waals surface area contributed by atoms with Gasteiger partial charge in [0.2, 0.25) is 0 Å². The first-order valence-electron chi connectivity index (χ1n) is 8.21. The predicted octanol–water partition coefficient (Wildman–Crippen LogP) is 3.01. The first-order valence-corrected chi connectivity index (χ1v) is 9.50. The number of fused-ring (bicyclic) bond motifs is 1. The number of carbonyl (C=O) groups is 2. The quantitative estimate of drug-likeness (QED) is 0.310. The highest BCUT2D eigenvalue weighted by Crippen LogP contribution is 2.30. The van der Waals surface area contributed by atoms with Crippen LogP contribution in [0.4, 0.5) is 4.39 Å². The average Bonchev–Trinajstić information content (AvgIpc) is 3.24. The number of imidazole rings is 1. The summed E-state index contributed by atoms with van der Waals surface area (Å²) in [6.45, 7) is 3.76. The lowest BCUT2D eigenvalue weighted by Crippen LogP contribution is -2.53. The van der Waals surface area contributed by atoms with E-state index in [1.54, 1.807) is 28.8 Å². The minimum absolute atomic E-state index is 0.0235. The summed E-state index contributed by atoms with van der Waals surface area (Å²) in [5.74, 6) is -1.60. The standard InChI is InChI=1S/C19H13FN4O2S2/c1-2-7-24-17(26)12(16(25)22-18(24)27)10-14-15(11-5-3-4-6-13(11)20)21-19-23(14)8-9-28-19/h2-6,8-10H,1,7H2,(H,22,25,27)/b12-10+. The molecule has 28 heavy (non-hydrogen) atoms. The number of carbonyl (C=O) groups excluding carboxylic acids is 2. The normalized spacial score (nSPS) is 16.1. The molecule has 1 N–H and O–H groups in total. The first kappa shape index (κ1) is 18.2. The van der Waals surface area contributed by atoms with E-state index < -0.39 is 17.6 Å². The van der Waals surface area contributed by atoms with Crippen molar-refractivity contribution in [2.45, 2.75) is 0 Å². The molecule has 140 valence electrons. The molecule has 0 aliphatic carbocycles. The van der Waals surface area contributed by atoms with Crippen LogP contribution in [0.25, 0.3) is 22.3 Å². The molecule has 6 nitrogen and oxygen atoms in total. The predicted molar refractivity (Wildman–Crippen MR) is 109 cm³/mol. The van der Waals surface area contributed by atoms with Gasteiger partial charge in [0, 0.05) is 23.7 Å². The van der Waals surface area contributed by atoms with Crippen LogP contribution in [0.2, 0.25) is 0 Å². The maximum Gasteiger partial charge on any atom is 0.266 e. The monoisotopic (exact) mass is 412 g/mol. The van der Waals surface area contributed by atoms with E-state index in [1.807, 2.05) is 5.38 Å². The molecular weight excluding hydrogens is 399 g/mol. The Balaban J connectivity index is 1.90. The van der Waals surface area contributed by atoms with Crippen molar-refractivity contribution in [1.82, 2.24) is 19.6 Å². The van der Waals surface area contributed by atoms with Crippen LogP contribution in [0.5, 0.6) is 0 Å². The molecule has 3 aromatic rings. The summed E-state index contributed by atoms with van der Waals surface area (Å²) in [6.07, 6.45) is 4.69. The maximum atomic E-state index is 14.4. The first-order chi connectivity index (χ1) is 13.5. The molecule has 0 spiro atoms. The topological polar surface area (TPSA) is 66.7 Å². The lowest BCUT2D eigenvalue weighted by molar-refractivity contribution is -0.128. The number of nitrogens with one attached hydrogen (secondary N) is 1. The lowest BCUT2D eigenvalue weighted by atomic mass is 10.1. The molecule has 1 aliphatic heterocycles. The van der Waals surface area contributed by atoms with Crippen molar-refractivity contribution in [2.75, 3.05) is 6.54 Å². The summed E-state index contributed by atoms with van der Waals surface area (Å²) in [5, 5.41) is 4.34. The molecule has 1 saturated heterocycles. The highest BCUT2D eigenvalue weighted by atomic mass is 32.1. The molecule has 4 rings (SSSR count). The van der Waals surface area contributed by atoms with Crippen molar-refractivity contribution < 1.29 is 14.0 Å². The van der Waals surface area contributed by atoms with Gasteiger partial charge in [-0.25, -0.2) is 9.37 Å². The minimum Gasteiger partial charge on any atom is -0.298 e. The number of rotatable bonds is 4. The van der Waals surface area contributed by atoms with Gasteiger partial charge in [0.15, 0.2) is 10.1 Å². The van der Waals surface area contributed by atoms with Crippen LogP contribution in [0.1, 0.15) is 5.69 Å². The fourth-order valence-electron chi connectivity index (χ4n) is 2.92. The van der Waals surface area contributed by atoms with Crippen LogP contribution < -0.4 is 5.32 Å². The Hall–Kier alpha value is -3.17. The Labute approximate surface area is 168 Å². The van der Waals surface area contributed by atoms with Gasteiger partial charge in [0.25, 0.3) is 11.8 Å². The number of hydrogen-bond donors (Lipinski definition) is 1. The third-order valence-electron chi connectivity index (χ3n) is 4.21. The number of halogens is 1. The molecule has 0 bridgehead atoms. The highest BCUT2D eigenvalue weighted by Gasteiger charge is 2.33. The van der Waals surface area contributed by atoms with Gasteiger partial charge in [-0.2, -0.15) is 0 Å². The second-order valence-corrected chi connectivity index (χ2v) is 7.16. The van der Waals surface area contributed by atoms with E-state index in [4.69, 9.17) is 12.2 Å². The number of benzene rings is 1. The Bertz CT molecular complexity index is 1180. The molecule has 1 aromatic carbocycles. The second-order valence-electron chi connectivity index (χ2n) is 5.90. The summed E-state index contributed by atoms with van der Waals surface area (Å²) in [4.78, 5) is 31.6. The Morgan fingerprint density at radius 2 is 2.11 bits per heavy atom. The zero-order valence-electron chi connectivity index (χ0n) is 14.4. The van der Waals surface area contributed by atoms with Gasteiger partial charge in [-0.15, -0.1) is 17.9 Å². The van der Waals surface area contributed by atoms with Crippen LogP contribution >= 0.6 is 23.6 Å². The second kappa shape index (κ2) is 7.10. The van der Waals surface area contributed by atoms with E-state index in [2.05, 4.69) is 16.9 Å². The molecule has 2 aromatic heterocycles. The molecule has 1 fully saturated rings. The molecule has 0 saturated carbocycles. The van der Waals surface area contributed by atoms with Gasteiger partial charge in [-0.1, -0.05) is 18.2 Å². The van der Waals surface area contributed by atoms with Gasteiger partial charge in [0.05, 0.1) is 5.69 Å². The van der Waals surface area contributed by atoms with Crippen LogP contribution in [-0.4, -0.2) is 37.8 Å². The summed E-state index contributed by atoms with van der Waals surface area (Å²) < 4.78 is 16.1. The molecule has 1 aliphatic rings. The number of thiazole rings is 1. The zero-order chi connectivity index (χ0) is 19.8. The largest absolute Gasteiger partial charge is 0.298 e. The van der Waals surface area contributed by atoms with Gasteiger partial charge >= 0.3 is 0 Å². The minimum atomic E-state index is -0.611. The van der Waals surface area contributed by atoms with Crippen LogP contribution in [0.15, 0.2) is 54.1 Å². The summed E-state index contributed by atoms with van der Waals surface area (Å²) in [5.41, 5.74) is 0.959. The van der Waals surface area contributed by atoms with Crippen LogP contribution in [0, 0.1) is 5.82 Å². The van der Waals surface area contributed by atoms with Gasteiger partial charge in [0.1, 0.15) is 17.1 Å². The molecule has 9 heteroatoms. The third-order valence-corrected chi connectivity index (χ3v) is 5.29. The zero-order valence-corrected chi connectivity index (χ0v) is 16.0. The Morgan fingerprint density at radius 3 is 2.86 bits per heavy atom. The smallest absolute Gasteiger partial charge is 0.266 e. The fraction of sp³-hybridized carbons (Fsp3) is 0.0526. The molecule has 2 amide bonds. The van der Waals surface area contributed by atoms with E-state index in [9.17, 15) is 14.0 Å². The summed E-state index contributed by atoms with van der Waals surface area (Å²) in [6, 6.07) is 6.22. The Morgan fingerprint density at radius 1 is 1.32 bits per heavy atom. The SMILES string of the molecule is C=CCN1C(=O)/C(=C/c2c(-c3ccccc3F)nc3sccn23)C(=O)NC1=S. The van der Waals surface area contributed by atoms with Gasteiger partial charge in [-0.3, -0.25) is 24.2 Å². The third kappa shape index (κ3) is 2.94. The lowest BCUT2D eigenvalue weighted by Gasteiger charge is -2.27. The van der Waals surface area contributed by atoms with E-state index in [0.717, 1.165) is 0 Å². The summed E-state index contributed by atoms with van der Waals surface area (Å²) in [7, 11) is 0. The van der Waals surface area contributed by atoms with Crippen molar-refractivity contribution in [2.24, 2.45) is 0 Å². The van der Waals surface area contributed by atoms with Crippen molar-refractivity contribution in [3.63, 3.8) is 0 Å². The van der Waals surface area contributed by atoms with Crippen LogP contribution in [-0.2, 0) is 9.59 Å². The molecule has 3 heterocycles. The molecule has 0 atom stereocenters. The van der Waals surface area contributed by atoms with Crippen molar-refractivity contribution >= 4 is 51.5 Å². The van der Waals surface area contributed by atoms with Gasteiger partial charge in [-0.05, 0) is 30.4 Å². The Kier molecular flexibility index (Phi) is 4.62. The van der Waals surface area contributed by atoms with E-state index in [1.165, 1.54) is 34.5 Å². The van der Waals surface area contributed by atoms with Gasteiger partial charge < -0.3 is 0 Å². The van der Waals surface area contributed by atoms with Crippen molar-refractivity contribution in [3.8, 4) is 11.3 Å².